The Morgan fingerprint density at radius 3 is 2.73 bits per heavy atom. The van der Waals surface area contributed by atoms with E-state index >= 15 is 0 Å². The molecule has 1 amide bonds. The molecule has 1 aliphatic heterocycles. The molecule has 5 heteroatoms. The van der Waals surface area contributed by atoms with Gasteiger partial charge >= 0.3 is 0 Å². The van der Waals surface area contributed by atoms with Gasteiger partial charge in [-0.3, -0.25) is 4.79 Å². The summed E-state index contributed by atoms with van der Waals surface area (Å²) >= 11 is 0. The maximum Gasteiger partial charge on any atom is 0.233 e. The van der Waals surface area contributed by atoms with E-state index in [2.05, 4.69) is 10.6 Å². The molecule has 0 saturated carbocycles. The van der Waals surface area contributed by atoms with Crippen LogP contribution in [0, 0.1) is 0 Å². The SMILES string of the molecule is O=C1CNCCSSCCN1. The van der Waals surface area contributed by atoms with Crippen LogP contribution in [0.4, 0.5) is 0 Å². The van der Waals surface area contributed by atoms with Crippen LogP contribution in [0.1, 0.15) is 0 Å². The highest BCUT2D eigenvalue weighted by atomic mass is 33.1. The lowest BCUT2D eigenvalue weighted by molar-refractivity contribution is -0.120. The van der Waals surface area contributed by atoms with Crippen molar-refractivity contribution in [3.63, 3.8) is 0 Å². The molecule has 0 bridgehead atoms. The van der Waals surface area contributed by atoms with Crippen LogP contribution >= 0.6 is 21.6 Å². The maximum atomic E-state index is 10.9. The summed E-state index contributed by atoms with van der Waals surface area (Å²) in [5.41, 5.74) is 0. The number of carbonyl (C=O) groups is 1. The molecule has 1 saturated heterocycles. The lowest BCUT2D eigenvalue weighted by Crippen LogP contribution is -2.36. The molecule has 64 valence electrons. The van der Waals surface area contributed by atoms with Gasteiger partial charge in [-0.1, -0.05) is 21.6 Å². The Labute approximate surface area is 74.5 Å². The third-order valence-electron chi connectivity index (χ3n) is 1.24. The first-order valence-electron chi connectivity index (χ1n) is 3.61. The predicted molar refractivity (Wildman–Crippen MR) is 50.8 cm³/mol. The van der Waals surface area contributed by atoms with E-state index in [4.69, 9.17) is 0 Å². The van der Waals surface area contributed by atoms with E-state index in [1.165, 1.54) is 0 Å². The minimum absolute atomic E-state index is 0.109. The third-order valence-corrected chi connectivity index (χ3v) is 3.65. The smallest absolute Gasteiger partial charge is 0.233 e. The predicted octanol–water partition coefficient (Wildman–Crippen LogP) is 0.0872. The highest BCUT2D eigenvalue weighted by molar-refractivity contribution is 8.76. The summed E-state index contributed by atoms with van der Waals surface area (Å²) in [5, 5.41) is 5.88. The zero-order valence-corrected chi connectivity index (χ0v) is 7.89. The molecule has 0 aromatic heterocycles. The molecule has 1 heterocycles. The average molecular weight is 192 g/mol. The van der Waals surface area contributed by atoms with Gasteiger partial charge in [0, 0.05) is 24.6 Å². The van der Waals surface area contributed by atoms with Gasteiger partial charge < -0.3 is 10.6 Å². The van der Waals surface area contributed by atoms with Gasteiger partial charge in [0.15, 0.2) is 0 Å². The maximum absolute atomic E-state index is 10.9. The van der Waals surface area contributed by atoms with Crippen LogP contribution in [0.3, 0.4) is 0 Å². The van der Waals surface area contributed by atoms with Crippen molar-refractivity contribution >= 4 is 27.5 Å². The fourth-order valence-electron chi connectivity index (χ4n) is 0.728. The lowest BCUT2D eigenvalue weighted by Gasteiger charge is -2.08. The molecule has 0 aromatic carbocycles. The number of nitrogens with one attached hydrogen (secondary N) is 2. The summed E-state index contributed by atoms with van der Waals surface area (Å²) in [4.78, 5) is 10.9. The van der Waals surface area contributed by atoms with Crippen molar-refractivity contribution in [1.82, 2.24) is 10.6 Å². The highest BCUT2D eigenvalue weighted by Crippen LogP contribution is 2.19. The van der Waals surface area contributed by atoms with Crippen LogP contribution in [-0.4, -0.2) is 37.0 Å². The van der Waals surface area contributed by atoms with Crippen LogP contribution in [0.15, 0.2) is 0 Å². The van der Waals surface area contributed by atoms with Crippen molar-refractivity contribution in [2.24, 2.45) is 0 Å². The topological polar surface area (TPSA) is 41.1 Å². The van der Waals surface area contributed by atoms with Crippen molar-refractivity contribution in [2.75, 3.05) is 31.1 Å². The number of rotatable bonds is 0. The van der Waals surface area contributed by atoms with Gasteiger partial charge in [0.1, 0.15) is 0 Å². The Kier molecular flexibility index (Phi) is 4.81. The molecule has 0 radical (unpaired) electrons. The van der Waals surface area contributed by atoms with Gasteiger partial charge in [-0.25, -0.2) is 0 Å². The van der Waals surface area contributed by atoms with Crippen molar-refractivity contribution in [2.45, 2.75) is 0 Å². The van der Waals surface area contributed by atoms with Crippen molar-refractivity contribution in [1.29, 1.82) is 0 Å². The molecule has 0 aliphatic carbocycles. The van der Waals surface area contributed by atoms with Crippen molar-refractivity contribution in [3.8, 4) is 0 Å². The summed E-state index contributed by atoms with van der Waals surface area (Å²) in [6.07, 6.45) is 0. The second-order valence-electron chi connectivity index (χ2n) is 2.17. The molecule has 0 spiro atoms. The van der Waals surface area contributed by atoms with Crippen LogP contribution in [-0.2, 0) is 4.79 Å². The molecule has 1 rings (SSSR count). The summed E-state index contributed by atoms with van der Waals surface area (Å²) in [6, 6.07) is 0. The Bertz CT molecular complexity index is 120. The van der Waals surface area contributed by atoms with E-state index < -0.39 is 0 Å². The molecule has 11 heavy (non-hydrogen) atoms. The van der Waals surface area contributed by atoms with E-state index in [0.717, 1.165) is 24.6 Å². The van der Waals surface area contributed by atoms with E-state index in [-0.39, 0.29) is 5.91 Å². The molecule has 2 N–H and O–H groups in total. The van der Waals surface area contributed by atoms with Crippen LogP contribution in [0.2, 0.25) is 0 Å². The third kappa shape index (κ3) is 4.55. The van der Waals surface area contributed by atoms with Crippen molar-refractivity contribution < 1.29 is 4.79 Å². The normalized spacial score (nSPS) is 22.4. The van der Waals surface area contributed by atoms with Gasteiger partial charge in [0.25, 0.3) is 0 Å². The van der Waals surface area contributed by atoms with Gasteiger partial charge in [0.2, 0.25) is 5.91 Å². The standard InChI is InChI=1S/C6H12N2OS2/c9-6-5-7-1-3-10-11-4-2-8-6/h7H,1-5H2,(H,8,9). The Hall–Kier alpha value is 0.130. The zero-order valence-electron chi connectivity index (χ0n) is 6.26. The fraction of sp³-hybridized carbons (Fsp3) is 0.833. The first-order chi connectivity index (χ1) is 5.39. The Morgan fingerprint density at radius 1 is 1.18 bits per heavy atom. The molecule has 0 atom stereocenters. The molecule has 1 fully saturated rings. The first-order valence-corrected chi connectivity index (χ1v) is 6.10. The van der Waals surface area contributed by atoms with Gasteiger partial charge in [-0.2, -0.15) is 0 Å². The number of hydrogen-bond donors (Lipinski definition) is 2. The summed E-state index contributed by atoms with van der Waals surface area (Å²) in [7, 11) is 3.67. The Balaban J connectivity index is 2.17. The molecule has 1 aliphatic rings. The molecule has 0 unspecified atom stereocenters. The lowest BCUT2D eigenvalue weighted by atomic mass is 10.5. The first kappa shape index (κ1) is 9.22. The number of carbonyl (C=O) groups excluding carboxylic acids is 1. The molecular weight excluding hydrogens is 180 g/mol. The molecule has 0 aromatic rings. The van der Waals surface area contributed by atoms with Crippen molar-refractivity contribution in [3.05, 3.63) is 0 Å². The van der Waals surface area contributed by atoms with Crippen LogP contribution in [0.25, 0.3) is 0 Å². The highest BCUT2D eigenvalue weighted by Gasteiger charge is 2.01. The zero-order chi connectivity index (χ0) is 7.94. The fourth-order valence-corrected chi connectivity index (χ4v) is 2.58. The van der Waals surface area contributed by atoms with E-state index in [9.17, 15) is 4.79 Å². The number of hydrogen-bond acceptors (Lipinski definition) is 4. The van der Waals surface area contributed by atoms with Gasteiger partial charge in [0.05, 0.1) is 6.54 Å². The second-order valence-corrected chi connectivity index (χ2v) is 4.87. The summed E-state index contributed by atoms with van der Waals surface area (Å²) < 4.78 is 0. The van der Waals surface area contributed by atoms with Gasteiger partial charge in [-0.05, 0) is 0 Å². The minimum Gasteiger partial charge on any atom is -0.354 e. The number of amides is 1. The summed E-state index contributed by atoms with van der Waals surface area (Å²) in [6.45, 7) is 2.18. The molecule has 3 nitrogen and oxygen atoms in total. The molecular formula is C6H12N2OS2. The van der Waals surface area contributed by atoms with E-state index in [1.807, 2.05) is 21.6 Å². The quantitative estimate of drug-likeness (QED) is 0.534. The minimum atomic E-state index is 0.109. The monoisotopic (exact) mass is 192 g/mol. The average Bonchev–Trinajstić information content (AvgIpc) is 2.03. The Morgan fingerprint density at radius 2 is 1.91 bits per heavy atom. The van der Waals surface area contributed by atoms with E-state index in [0.29, 0.717) is 6.54 Å². The van der Waals surface area contributed by atoms with Crippen LogP contribution in [0.5, 0.6) is 0 Å². The summed E-state index contributed by atoms with van der Waals surface area (Å²) in [5.74, 6) is 2.20. The van der Waals surface area contributed by atoms with Crippen LogP contribution < -0.4 is 10.6 Å². The second kappa shape index (κ2) is 5.74. The van der Waals surface area contributed by atoms with E-state index in [1.54, 1.807) is 0 Å². The van der Waals surface area contributed by atoms with Gasteiger partial charge in [-0.15, -0.1) is 0 Å². The largest absolute Gasteiger partial charge is 0.354 e.